The molecule has 2 N–H and O–H groups in total. The highest BCUT2D eigenvalue weighted by Gasteiger charge is 2.32. The van der Waals surface area contributed by atoms with Crippen LogP contribution < -0.4 is 10.2 Å². The number of anilines is 1. The van der Waals surface area contributed by atoms with Crippen molar-refractivity contribution in [1.29, 1.82) is 0 Å². The van der Waals surface area contributed by atoms with Crippen molar-refractivity contribution in [2.24, 2.45) is 0 Å². The number of piperazine rings is 1. The number of aliphatic hydroxyl groups is 1. The Balaban J connectivity index is 1.54. The molecule has 1 aromatic rings. The summed E-state index contributed by atoms with van der Waals surface area (Å²) in [4.78, 5) is 4.53. The van der Waals surface area contributed by atoms with Crippen molar-refractivity contribution in [3.05, 3.63) is 29.0 Å². The maximum atomic E-state index is 13.2. The molecule has 3 rings (SSSR count). The van der Waals surface area contributed by atoms with E-state index in [1.165, 1.54) is 6.07 Å². The molecule has 22 heavy (non-hydrogen) atoms. The Bertz CT molecular complexity index is 514. The SMILES string of the molecule is OC1(CN2CCN(c3ccc(F)c(Cl)c3)CC2)CCCNC1. The minimum absolute atomic E-state index is 0.169. The molecule has 2 aliphatic rings. The molecule has 4 nitrogen and oxygen atoms in total. The van der Waals surface area contributed by atoms with Gasteiger partial charge in [-0.25, -0.2) is 4.39 Å². The van der Waals surface area contributed by atoms with Gasteiger partial charge in [-0.15, -0.1) is 0 Å². The minimum Gasteiger partial charge on any atom is -0.387 e. The van der Waals surface area contributed by atoms with Gasteiger partial charge < -0.3 is 15.3 Å². The van der Waals surface area contributed by atoms with Crippen LogP contribution in [0, 0.1) is 5.82 Å². The molecule has 0 bridgehead atoms. The predicted molar refractivity (Wildman–Crippen MR) is 87.1 cm³/mol. The van der Waals surface area contributed by atoms with E-state index < -0.39 is 5.60 Å². The van der Waals surface area contributed by atoms with Gasteiger partial charge in [0.05, 0.1) is 10.6 Å². The smallest absolute Gasteiger partial charge is 0.141 e. The standard InChI is InChI=1S/C16H23ClFN3O/c17-14-10-13(2-3-15(14)18)21-8-6-20(7-9-21)12-16(22)4-1-5-19-11-16/h2-3,10,19,22H,1,4-9,11-12H2. The van der Waals surface area contributed by atoms with E-state index in [9.17, 15) is 9.50 Å². The molecule has 122 valence electrons. The molecule has 6 heteroatoms. The van der Waals surface area contributed by atoms with E-state index in [2.05, 4.69) is 15.1 Å². The molecule has 0 aromatic heterocycles. The van der Waals surface area contributed by atoms with E-state index in [4.69, 9.17) is 11.6 Å². The number of hydrogen-bond acceptors (Lipinski definition) is 4. The van der Waals surface area contributed by atoms with Crippen molar-refractivity contribution in [3.63, 3.8) is 0 Å². The lowest BCUT2D eigenvalue weighted by Crippen LogP contribution is -2.56. The molecule has 2 heterocycles. The fourth-order valence-electron chi connectivity index (χ4n) is 3.35. The topological polar surface area (TPSA) is 38.7 Å². The molecule has 2 saturated heterocycles. The van der Waals surface area contributed by atoms with E-state index in [0.717, 1.165) is 57.8 Å². The third-order valence-electron chi connectivity index (χ3n) is 4.61. The molecular formula is C16H23ClFN3O. The maximum Gasteiger partial charge on any atom is 0.141 e. The van der Waals surface area contributed by atoms with Gasteiger partial charge in [-0.05, 0) is 37.6 Å². The zero-order valence-corrected chi connectivity index (χ0v) is 13.4. The highest BCUT2D eigenvalue weighted by molar-refractivity contribution is 6.31. The maximum absolute atomic E-state index is 13.2. The Hall–Kier alpha value is -0.880. The molecule has 0 aliphatic carbocycles. The number of β-amino-alcohol motifs (C(OH)–C–C–N with tert-alkyl or cyclic N) is 1. The quantitative estimate of drug-likeness (QED) is 0.886. The second kappa shape index (κ2) is 6.71. The second-order valence-corrected chi connectivity index (χ2v) is 6.77. The van der Waals surface area contributed by atoms with Crippen molar-refractivity contribution in [1.82, 2.24) is 10.2 Å². The van der Waals surface area contributed by atoms with Gasteiger partial charge in [0.1, 0.15) is 5.82 Å². The van der Waals surface area contributed by atoms with E-state index in [0.29, 0.717) is 6.54 Å². The highest BCUT2D eigenvalue weighted by Crippen LogP contribution is 2.24. The van der Waals surface area contributed by atoms with Crippen LogP contribution in [0.3, 0.4) is 0 Å². The van der Waals surface area contributed by atoms with Crippen LogP contribution in [0.4, 0.5) is 10.1 Å². The van der Waals surface area contributed by atoms with Crippen molar-refractivity contribution in [3.8, 4) is 0 Å². The normalized spacial score (nSPS) is 27.1. The second-order valence-electron chi connectivity index (χ2n) is 6.37. The largest absolute Gasteiger partial charge is 0.387 e. The van der Waals surface area contributed by atoms with Crippen LogP contribution in [-0.4, -0.2) is 61.4 Å². The first kappa shape index (κ1) is 16.0. The van der Waals surface area contributed by atoms with Gasteiger partial charge in [-0.1, -0.05) is 11.6 Å². The average molecular weight is 328 g/mol. The summed E-state index contributed by atoms with van der Waals surface area (Å²) in [5.74, 6) is -0.379. The first-order valence-electron chi connectivity index (χ1n) is 7.91. The predicted octanol–water partition coefficient (Wildman–Crippen LogP) is 1.72. The Labute approximate surface area is 135 Å². The summed E-state index contributed by atoms with van der Waals surface area (Å²) in [5.41, 5.74) is 0.365. The number of halogens is 2. The third kappa shape index (κ3) is 3.71. The van der Waals surface area contributed by atoms with Crippen molar-refractivity contribution >= 4 is 17.3 Å². The molecule has 0 radical (unpaired) electrons. The van der Waals surface area contributed by atoms with E-state index in [1.807, 2.05) is 0 Å². The monoisotopic (exact) mass is 327 g/mol. The van der Waals surface area contributed by atoms with Gasteiger partial charge in [0.15, 0.2) is 0 Å². The molecule has 1 unspecified atom stereocenters. The zero-order chi connectivity index (χ0) is 15.6. The van der Waals surface area contributed by atoms with Crippen LogP contribution >= 0.6 is 11.6 Å². The Morgan fingerprint density at radius 3 is 2.68 bits per heavy atom. The summed E-state index contributed by atoms with van der Waals surface area (Å²) < 4.78 is 13.2. The number of nitrogens with one attached hydrogen (secondary N) is 1. The molecule has 0 amide bonds. The van der Waals surface area contributed by atoms with Crippen molar-refractivity contribution in [2.75, 3.05) is 50.7 Å². The minimum atomic E-state index is -0.598. The van der Waals surface area contributed by atoms with E-state index >= 15 is 0 Å². The van der Waals surface area contributed by atoms with Gasteiger partial charge in [-0.2, -0.15) is 0 Å². The molecular weight excluding hydrogens is 305 g/mol. The summed E-state index contributed by atoms with van der Waals surface area (Å²) >= 11 is 5.86. The van der Waals surface area contributed by atoms with Crippen molar-refractivity contribution in [2.45, 2.75) is 18.4 Å². The number of piperidine rings is 1. The fraction of sp³-hybridized carbons (Fsp3) is 0.625. The van der Waals surface area contributed by atoms with Crippen LogP contribution in [0.5, 0.6) is 0 Å². The number of hydrogen-bond donors (Lipinski definition) is 2. The Morgan fingerprint density at radius 1 is 1.27 bits per heavy atom. The summed E-state index contributed by atoms with van der Waals surface area (Å²) in [6, 6.07) is 4.88. The van der Waals surface area contributed by atoms with Gasteiger partial charge in [-0.3, -0.25) is 4.90 Å². The van der Waals surface area contributed by atoms with Crippen LogP contribution in [0.1, 0.15) is 12.8 Å². The lowest BCUT2D eigenvalue weighted by Gasteiger charge is -2.41. The van der Waals surface area contributed by atoms with Crippen LogP contribution in [0.2, 0.25) is 5.02 Å². The van der Waals surface area contributed by atoms with Crippen molar-refractivity contribution < 1.29 is 9.50 Å². The molecule has 2 fully saturated rings. The van der Waals surface area contributed by atoms with Gasteiger partial charge in [0, 0.05) is 45.0 Å². The van der Waals surface area contributed by atoms with Crippen LogP contribution in [-0.2, 0) is 0 Å². The zero-order valence-electron chi connectivity index (χ0n) is 12.7. The van der Waals surface area contributed by atoms with Crippen LogP contribution in [0.25, 0.3) is 0 Å². The third-order valence-corrected chi connectivity index (χ3v) is 4.90. The summed E-state index contributed by atoms with van der Waals surface area (Å²) in [6.45, 7) is 5.94. The highest BCUT2D eigenvalue weighted by atomic mass is 35.5. The molecule has 2 aliphatic heterocycles. The first-order valence-corrected chi connectivity index (χ1v) is 8.29. The fourth-order valence-corrected chi connectivity index (χ4v) is 3.52. The van der Waals surface area contributed by atoms with Crippen LogP contribution in [0.15, 0.2) is 18.2 Å². The lowest BCUT2D eigenvalue weighted by atomic mass is 9.93. The Morgan fingerprint density at radius 2 is 2.05 bits per heavy atom. The molecule has 0 spiro atoms. The molecule has 0 saturated carbocycles. The summed E-state index contributed by atoms with van der Waals surface area (Å²) in [7, 11) is 0. The average Bonchev–Trinajstić information content (AvgIpc) is 2.51. The number of nitrogens with zero attached hydrogens (tertiary/aromatic N) is 2. The van der Waals surface area contributed by atoms with Gasteiger partial charge in [0.2, 0.25) is 0 Å². The first-order chi connectivity index (χ1) is 10.6. The van der Waals surface area contributed by atoms with Gasteiger partial charge in [0.25, 0.3) is 0 Å². The Kier molecular flexibility index (Phi) is 4.88. The van der Waals surface area contributed by atoms with Gasteiger partial charge >= 0.3 is 0 Å². The number of rotatable bonds is 3. The summed E-state index contributed by atoms with van der Waals surface area (Å²) in [6.07, 6.45) is 1.90. The lowest BCUT2D eigenvalue weighted by molar-refractivity contribution is -0.0164. The van der Waals surface area contributed by atoms with E-state index in [1.54, 1.807) is 12.1 Å². The molecule has 1 atom stereocenters. The van der Waals surface area contributed by atoms with E-state index in [-0.39, 0.29) is 10.8 Å². The number of benzene rings is 1. The molecule has 1 aromatic carbocycles. The summed E-state index contributed by atoms with van der Waals surface area (Å²) in [5, 5.41) is 14.0.